The van der Waals surface area contributed by atoms with Crippen LogP contribution in [-0.2, 0) is 0 Å². The van der Waals surface area contributed by atoms with Crippen molar-refractivity contribution in [3.63, 3.8) is 0 Å². The SMILES string of the molecule is CC(C)Oc1ccc(-c2cc(=O)c3cc(N4CCNCC4)ccc3o2)cc1.CC(C)Oc1ccc(-c2cc(=O)c3cc(N4CCN[C@@H](C)C4)ccc3o2)cc1.COc1ccc(-c2cc(=O)c3cc(N4CCNCC4)ccc3o2)cc1C.COc1ccc(-c2cc(=O)c3cc(N4CCN[C@@H](C)C4)ccc3o2)cc1C.COc1ccc(-c2cc(=O)c3cc(N4C[C@@H](C)N[C@@H](C)C4)ccc3o2)cc1C. The lowest BCUT2D eigenvalue weighted by Gasteiger charge is -2.37. The zero-order chi connectivity index (χ0) is 95.4. The molecule has 15 aromatic rings. The van der Waals surface area contributed by atoms with Crippen molar-refractivity contribution in [3.05, 3.63) is 292 Å². The summed E-state index contributed by atoms with van der Waals surface area (Å²) in [4.78, 5) is 75.3. The molecule has 4 atom stereocenters. The number of piperazine rings is 5. The monoisotopic (exact) mass is 1830 g/mol. The molecule has 20 rings (SSSR count). The Bertz CT molecular complexity index is 7070. The van der Waals surface area contributed by atoms with Crippen LogP contribution in [0.2, 0.25) is 0 Å². The highest BCUT2D eigenvalue weighted by Crippen LogP contribution is 2.36. The van der Waals surface area contributed by atoms with Crippen molar-refractivity contribution in [2.24, 2.45) is 0 Å². The molecule has 0 aliphatic carbocycles. The van der Waals surface area contributed by atoms with Crippen LogP contribution < -0.4 is 102 Å². The maximum atomic E-state index is 12.8. The van der Waals surface area contributed by atoms with Gasteiger partial charge in [0.05, 0.1) is 60.5 Å². The van der Waals surface area contributed by atoms with E-state index in [2.05, 4.69) is 78.8 Å². The third kappa shape index (κ3) is 23.0. The number of anilines is 5. The number of fused-ring (bicyclic) bond motifs is 5. The van der Waals surface area contributed by atoms with Crippen LogP contribution in [0.1, 0.15) is 72.1 Å². The largest absolute Gasteiger partial charge is 0.496 e. The molecular weight excluding hydrogens is 1710 g/mol. The lowest BCUT2D eigenvalue weighted by Crippen LogP contribution is -2.54. The van der Waals surface area contributed by atoms with Crippen molar-refractivity contribution in [1.29, 1.82) is 0 Å². The van der Waals surface area contributed by atoms with Crippen LogP contribution >= 0.6 is 0 Å². The van der Waals surface area contributed by atoms with Crippen molar-refractivity contribution in [2.45, 2.75) is 113 Å². The summed E-state index contributed by atoms with van der Waals surface area (Å²) in [5, 5.41) is 20.2. The average Bonchev–Trinajstić information content (AvgIpc) is 0.809. The summed E-state index contributed by atoms with van der Waals surface area (Å²) in [6.07, 6.45) is 0.247. The third-order valence-electron chi connectivity index (χ3n) is 25.0. The quantitative estimate of drug-likeness (QED) is 0.0567. The van der Waals surface area contributed by atoms with Gasteiger partial charge in [-0.3, -0.25) is 24.0 Å². The molecule has 25 nitrogen and oxygen atoms in total. The number of methoxy groups -OCH3 is 3. The van der Waals surface area contributed by atoms with E-state index >= 15 is 0 Å². The average molecular weight is 1840 g/mol. The van der Waals surface area contributed by atoms with Crippen molar-refractivity contribution in [1.82, 2.24) is 26.6 Å². The lowest BCUT2D eigenvalue weighted by molar-refractivity contribution is 0.242. The minimum Gasteiger partial charge on any atom is -0.496 e. The molecule has 0 saturated carbocycles. The first-order valence-corrected chi connectivity index (χ1v) is 47.0. The van der Waals surface area contributed by atoms with Crippen LogP contribution in [-0.4, -0.2) is 162 Å². The highest BCUT2D eigenvalue weighted by atomic mass is 16.5. The first kappa shape index (κ1) is 95.2. The number of benzene rings is 10. The van der Waals surface area contributed by atoms with Gasteiger partial charge in [0, 0.05) is 215 Å². The van der Waals surface area contributed by atoms with Crippen LogP contribution in [0.4, 0.5) is 28.4 Å². The van der Waals surface area contributed by atoms with Crippen molar-refractivity contribution in [3.8, 4) is 85.4 Å². The molecule has 5 aromatic heterocycles. The van der Waals surface area contributed by atoms with Crippen molar-refractivity contribution in [2.75, 3.05) is 151 Å². The third-order valence-corrected chi connectivity index (χ3v) is 25.0. The number of aryl methyl sites for hydroxylation is 3. The summed E-state index contributed by atoms with van der Waals surface area (Å²) in [6.45, 7) is 37.7. The molecule has 706 valence electrons. The predicted octanol–water partition coefficient (Wildman–Crippen LogP) is 18.4. The Morgan fingerprint density at radius 1 is 0.287 bits per heavy atom. The molecule has 0 unspecified atom stereocenters. The molecule has 0 radical (unpaired) electrons. The molecule has 10 heterocycles. The van der Waals surface area contributed by atoms with Gasteiger partial charge in [-0.25, -0.2) is 0 Å². The van der Waals surface area contributed by atoms with E-state index in [1.807, 2.05) is 243 Å². The van der Waals surface area contributed by atoms with E-state index in [-0.39, 0.29) is 39.4 Å². The zero-order valence-electron chi connectivity index (χ0n) is 80.0. The molecule has 5 saturated heterocycles. The molecule has 5 fully saturated rings. The number of hydrogen-bond donors (Lipinski definition) is 5. The van der Waals surface area contributed by atoms with E-state index in [4.69, 9.17) is 45.8 Å². The van der Waals surface area contributed by atoms with Crippen LogP contribution in [0, 0.1) is 20.8 Å². The molecule has 0 spiro atoms. The summed E-state index contributed by atoms with van der Waals surface area (Å²) in [7, 11) is 4.94. The fourth-order valence-corrected chi connectivity index (χ4v) is 18.2. The molecular formula is C111H122N10O15. The van der Waals surface area contributed by atoms with Crippen molar-refractivity contribution < 1.29 is 45.8 Å². The van der Waals surface area contributed by atoms with Gasteiger partial charge in [0.2, 0.25) is 0 Å². The number of nitrogens with zero attached hydrogens (tertiary/aromatic N) is 5. The van der Waals surface area contributed by atoms with Gasteiger partial charge >= 0.3 is 0 Å². The molecule has 5 N–H and O–H groups in total. The standard InChI is InChI=1S/2C23H26N2O3.2C22H24N2O3.C21H22N2O3/c1-14-9-17(5-7-21(14)27-4)23-11-20(26)19-10-18(6-8-22(19)28-23)25-12-15(2)24-16(3)13-25;1-15(2)27-19-7-4-17(5-8-19)23-13-21(26)20-12-18(6-9-22(20)28-23)25-11-10-24-16(3)14-25;1-14-10-16(4-6-20(14)26-3)22-12-19(25)18-11-17(5-7-21(18)27-22)24-9-8-23-15(2)13-24;1-15(2)26-18-6-3-16(4-7-18)22-14-20(25)19-13-17(5-8-21(19)27-22)24-11-9-23-10-12-24;1-14-11-15(3-5-19(14)25-2)21-13-18(24)17-12-16(4-6-20(17)26-21)23-9-7-22-8-10-23/h5-11,15-16,24H,12-13H2,1-4H3;4-9,12-13,15-16,24H,10-11,14H2,1-3H3;4-7,10-12,15,23H,8-9,13H2,1-3H3;3-8,13-15,23H,9-12H2,1-2H3;3-6,11-13,22H,7-10H2,1-2H3/t15-,16+;16-;15-;;/m.00../s1. The van der Waals surface area contributed by atoms with Gasteiger partial charge in [-0.2, -0.15) is 0 Å². The number of hydrogen-bond acceptors (Lipinski definition) is 25. The van der Waals surface area contributed by atoms with Gasteiger partial charge in [0.25, 0.3) is 0 Å². The summed E-state index contributed by atoms with van der Waals surface area (Å²) < 4.78 is 57.5. The van der Waals surface area contributed by atoms with E-state index in [0.29, 0.717) is 108 Å². The van der Waals surface area contributed by atoms with E-state index in [1.54, 1.807) is 51.7 Å². The van der Waals surface area contributed by atoms with Gasteiger partial charge in [-0.05, 0) is 287 Å². The highest BCUT2D eigenvalue weighted by Gasteiger charge is 2.26. The minimum atomic E-state index is -0.0252. The number of nitrogens with one attached hydrogen (secondary N) is 5. The normalized spacial score (nSPS) is 16.8. The summed E-state index contributed by atoms with van der Waals surface area (Å²) in [5.74, 6) is 6.90. The van der Waals surface area contributed by atoms with E-state index in [0.717, 1.165) is 206 Å². The van der Waals surface area contributed by atoms with Gasteiger partial charge in [0.15, 0.2) is 27.1 Å². The second-order valence-electron chi connectivity index (χ2n) is 36.2. The van der Waals surface area contributed by atoms with E-state index in [1.165, 1.54) is 0 Å². The molecule has 25 heteroatoms. The summed E-state index contributed by atoms with van der Waals surface area (Å²) >= 11 is 0. The summed E-state index contributed by atoms with van der Waals surface area (Å²) in [5.41, 5.74) is 15.6. The molecule has 0 amide bonds. The highest BCUT2D eigenvalue weighted by molar-refractivity contribution is 5.88. The Morgan fingerprint density at radius 3 is 0.801 bits per heavy atom. The van der Waals surface area contributed by atoms with E-state index < -0.39 is 0 Å². The summed E-state index contributed by atoms with van der Waals surface area (Å²) in [6, 6.07) is 71.5. The first-order valence-electron chi connectivity index (χ1n) is 47.0. The molecule has 0 bridgehead atoms. The molecule has 136 heavy (non-hydrogen) atoms. The fourth-order valence-electron chi connectivity index (χ4n) is 18.2. The second kappa shape index (κ2) is 43.2. The molecule has 5 aliphatic rings. The Morgan fingerprint density at radius 2 is 0.537 bits per heavy atom. The van der Waals surface area contributed by atoms with E-state index in [9.17, 15) is 24.0 Å². The van der Waals surface area contributed by atoms with Crippen LogP contribution in [0.15, 0.2) is 271 Å². The van der Waals surface area contributed by atoms with Gasteiger partial charge in [-0.1, -0.05) is 0 Å². The lowest BCUT2D eigenvalue weighted by atomic mass is 10.1. The van der Waals surface area contributed by atoms with Gasteiger partial charge in [-0.15, -0.1) is 0 Å². The predicted molar refractivity (Wildman–Crippen MR) is 549 cm³/mol. The maximum Gasteiger partial charge on any atom is 0.193 e. The van der Waals surface area contributed by atoms with Crippen LogP contribution in [0.3, 0.4) is 0 Å². The maximum absolute atomic E-state index is 12.8. The van der Waals surface area contributed by atoms with Crippen LogP contribution in [0.25, 0.3) is 111 Å². The van der Waals surface area contributed by atoms with Crippen LogP contribution in [0.5, 0.6) is 28.7 Å². The second-order valence-corrected chi connectivity index (χ2v) is 36.2. The zero-order valence-corrected chi connectivity index (χ0v) is 80.0. The number of rotatable bonds is 17. The van der Waals surface area contributed by atoms with Crippen molar-refractivity contribution >= 4 is 83.3 Å². The first-order chi connectivity index (χ1) is 65.7. The van der Waals surface area contributed by atoms with Gasteiger partial charge in [0.1, 0.15) is 85.5 Å². The Hall–Kier alpha value is -14.0. The molecule has 10 aromatic carbocycles. The topological polar surface area (TPSA) is 274 Å². The Balaban J connectivity index is 0.000000123. The molecule has 5 aliphatic heterocycles. The van der Waals surface area contributed by atoms with Gasteiger partial charge < -0.3 is 96.9 Å². The smallest absolute Gasteiger partial charge is 0.193 e. The fraction of sp³-hybridized carbons (Fsp3) is 0.324. The Kier molecular flexibility index (Phi) is 30.2. The Labute approximate surface area is 791 Å². The minimum absolute atomic E-state index is 0.0216. The number of ether oxygens (including phenoxy) is 5.